The Balaban J connectivity index is 1.67. The summed E-state index contributed by atoms with van der Waals surface area (Å²) in [4.78, 5) is 34.6. The second-order valence-corrected chi connectivity index (χ2v) is 7.15. The van der Waals surface area contributed by atoms with E-state index in [1.54, 1.807) is 41.5 Å². The van der Waals surface area contributed by atoms with Crippen molar-refractivity contribution in [3.05, 3.63) is 94.4 Å². The molecule has 30 heavy (non-hydrogen) atoms. The maximum atomic E-state index is 13.1. The van der Waals surface area contributed by atoms with Gasteiger partial charge in [0.05, 0.1) is 29.8 Å². The first-order valence-corrected chi connectivity index (χ1v) is 9.67. The fourth-order valence-corrected chi connectivity index (χ4v) is 3.24. The summed E-state index contributed by atoms with van der Waals surface area (Å²) in [6.45, 7) is 4.03. The molecule has 2 aromatic carbocycles. The SMILES string of the molecule is Cc1ccc(NC(=O)N(Cc2ccco2)[C@@H](C)c2nc3ccccc3c(=O)[nH]2)cc1. The number of fused-ring (bicyclic) bond motifs is 1. The number of aryl methyl sites for hydroxylation is 1. The molecular formula is C23H22N4O3. The van der Waals surface area contributed by atoms with Crippen LogP contribution in [-0.4, -0.2) is 20.9 Å². The van der Waals surface area contributed by atoms with Gasteiger partial charge in [0, 0.05) is 5.69 Å². The normalized spacial score (nSPS) is 11.9. The van der Waals surface area contributed by atoms with Crippen molar-refractivity contribution < 1.29 is 9.21 Å². The third kappa shape index (κ3) is 4.10. The number of hydrogen-bond donors (Lipinski definition) is 2. The summed E-state index contributed by atoms with van der Waals surface area (Å²) in [5, 5.41) is 3.42. The number of H-pyrrole nitrogens is 1. The standard InChI is InChI=1S/C23H22N4O3/c1-15-9-11-17(12-10-15)24-23(29)27(14-18-6-5-13-30-18)16(2)21-25-20-8-4-3-7-19(20)22(28)26-21/h3-13,16H,14H2,1-2H3,(H,24,29)(H,25,26,28)/t16-/m0/s1. The number of carbonyl (C=O) groups excluding carboxylic acids is 1. The van der Waals surface area contributed by atoms with Gasteiger partial charge in [-0.05, 0) is 50.2 Å². The Morgan fingerprint density at radius 1 is 1.13 bits per heavy atom. The largest absolute Gasteiger partial charge is 0.467 e. The van der Waals surface area contributed by atoms with E-state index in [2.05, 4.69) is 15.3 Å². The highest BCUT2D eigenvalue weighted by Crippen LogP contribution is 2.22. The first-order valence-electron chi connectivity index (χ1n) is 9.67. The number of carbonyl (C=O) groups is 1. The molecule has 0 unspecified atom stereocenters. The fraction of sp³-hybridized carbons (Fsp3) is 0.174. The third-order valence-electron chi connectivity index (χ3n) is 4.96. The van der Waals surface area contributed by atoms with Crippen molar-refractivity contribution in [2.75, 3.05) is 5.32 Å². The number of nitrogens with one attached hydrogen (secondary N) is 2. The molecule has 2 aromatic heterocycles. The zero-order chi connectivity index (χ0) is 21.1. The molecule has 2 N–H and O–H groups in total. The van der Waals surface area contributed by atoms with Gasteiger partial charge in [-0.1, -0.05) is 29.8 Å². The lowest BCUT2D eigenvalue weighted by atomic mass is 10.2. The predicted molar refractivity (Wildman–Crippen MR) is 115 cm³/mol. The van der Waals surface area contributed by atoms with E-state index in [1.807, 2.05) is 44.2 Å². The molecule has 0 spiro atoms. The molecule has 0 fully saturated rings. The number of aromatic nitrogens is 2. The molecule has 0 bridgehead atoms. The van der Waals surface area contributed by atoms with Crippen molar-refractivity contribution in [3.8, 4) is 0 Å². The number of benzene rings is 2. The highest BCUT2D eigenvalue weighted by atomic mass is 16.3. The van der Waals surface area contributed by atoms with E-state index in [1.165, 1.54) is 0 Å². The first kappa shape index (κ1) is 19.4. The Hall–Kier alpha value is -3.87. The number of nitrogens with zero attached hydrogens (tertiary/aromatic N) is 2. The molecule has 152 valence electrons. The number of amides is 2. The summed E-state index contributed by atoms with van der Waals surface area (Å²) in [6, 6.07) is 17.4. The van der Waals surface area contributed by atoms with Crippen molar-refractivity contribution in [1.82, 2.24) is 14.9 Å². The highest BCUT2D eigenvalue weighted by molar-refractivity contribution is 5.89. The number of rotatable bonds is 5. The summed E-state index contributed by atoms with van der Waals surface area (Å²) >= 11 is 0. The summed E-state index contributed by atoms with van der Waals surface area (Å²) in [6.07, 6.45) is 1.56. The number of anilines is 1. The summed E-state index contributed by atoms with van der Waals surface area (Å²) in [7, 11) is 0. The lowest BCUT2D eigenvalue weighted by molar-refractivity contribution is 0.180. The minimum Gasteiger partial charge on any atom is -0.467 e. The molecule has 7 nitrogen and oxygen atoms in total. The molecule has 0 saturated carbocycles. The summed E-state index contributed by atoms with van der Waals surface area (Å²) < 4.78 is 5.45. The highest BCUT2D eigenvalue weighted by Gasteiger charge is 2.25. The van der Waals surface area contributed by atoms with Crippen molar-refractivity contribution in [2.24, 2.45) is 0 Å². The average molecular weight is 402 g/mol. The van der Waals surface area contributed by atoms with Gasteiger partial charge in [0.15, 0.2) is 0 Å². The molecule has 0 aliphatic carbocycles. The van der Waals surface area contributed by atoms with Crippen LogP contribution in [0.3, 0.4) is 0 Å². The van der Waals surface area contributed by atoms with Gasteiger partial charge >= 0.3 is 6.03 Å². The third-order valence-corrected chi connectivity index (χ3v) is 4.96. The smallest absolute Gasteiger partial charge is 0.322 e. The zero-order valence-electron chi connectivity index (χ0n) is 16.8. The second kappa shape index (κ2) is 8.24. The van der Waals surface area contributed by atoms with E-state index in [9.17, 15) is 9.59 Å². The van der Waals surface area contributed by atoms with Crippen molar-refractivity contribution >= 4 is 22.6 Å². The maximum Gasteiger partial charge on any atom is 0.322 e. The van der Waals surface area contributed by atoms with Crippen LogP contribution in [0.2, 0.25) is 0 Å². The van der Waals surface area contributed by atoms with Crippen molar-refractivity contribution in [2.45, 2.75) is 26.4 Å². The van der Waals surface area contributed by atoms with E-state index in [0.717, 1.165) is 5.56 Å². The fourth-order valence-electron chi connectivity index (χ4n) is 3.24. The number of para-hydroxylation sites is 1. The number of aromatic amines is 1. The van der Waals surface area contributed by atoms with Crippen LogP contribution >= 0.6 is 0 Å². The van der Waals surface area contributed by atoms with Crippen LogP contribution in [0.25, 0.3) is 10.9 Å². The molecule has 0 aliphatic rings. The molecule has 1 atom stereocenters. The van der Waals surface area contributed by atoms with E-state index < -0.39 is 6.04 Å². The van der Waals surface area contributed by atoms with Crippen LogP contribution < -0.4 is 10.9 Å². The first-order chi connectivity index (χ1) is 14.5. The quantitative estimate of drug-likeness (QED) is 0.510. The van der Waals surface area contributed by atoms with Gasteiger partial charge in [0.2, 0.25) is 0 Å². The molecule has 2 heterocycles. The number of urea groups is 1. The Bertz CT molecular complexity index is 1210. The molecule has 4 aromatic rings. The minimum absolute atomic E-state index is 0.225. The molecule has 2 amide bonds. The molecule has 4 rings (SSSR count). The Morgan fingerprint density at radius 3 is 2.63 bits per heavy atom. The van der Waals surface area contributed by atoms with Crippen LogP contribution in [0.5, 0.6) is 0 Å². The molecule has 0 radical (unpaired) electrons. The second-order valence-electron chi connectivity index (χ2n) is 7.15. The number of furan rings is 1. The molecule has 0 saturated heterocycles. The van der Waals surface area contributed by atoms with Gasteiger partial charge in [0.25, 0.3) is 5.56 Å². The Morgan fingerprint density at radius 2 is 1.90 bits per heavy atom. The topological polar surface area (TPSA) is 91.2 Å². The van der Waals surface area contributed by atoms with Crippen LogP contribution in [0.1, 0.15) is 30.1 Å². The lowest BCUT2D eigenvalue weighted by Gasteiger charge is -2.28. The Kier molecular flexibility index (Phi) is 5.34. The average Bonchev–Trinajstić information content (AvgIpc) is 3.26. The molecule has 7 heteroatoms. The van der Waals surface area contributed by atoms with Gasteiger partial charge < -0.3 is 19.6 Å². The maximum absolute atomic E-state index is 13.1. The van der Waals surface area contributed by atoms with E-state index >= 15 is 0 Å². The van der Waals surface area contributed by atoms with E-state index in [-0.39, 0.29) is 18.1 Å². The van der Waals surface area contributed by atoms with E-state index in [0.29, 0.717) is 28.2 Å². The lowest BCUT2D eigenvalue weighted by Crippen LogP contribution is -2.37. The molecule has 0 aliphatic heterocycles. The minimum atomic E-state index is -0.502. The van der Waals surface area contributed by atoms with Crippen molar-refractivity contribution in [3.63, 3.8) is 0 Å². The molecular weight excluding hydrogens is 380 g/mol. The predicted octanol–water partition coefficient (Wildman–Crippen LogP) is 4.62. The van der Waals surface area contributed by atoms with Crippen LogP contribution in [0.4, 0.5) is 10.5 Å². The Labute approximate surface area is 173 Å². The zero-order valence-corrected chi connectivity index (χ0v) is 16.8. The number of hydrogen-bond acceptors (Lipinski definition) is 4. The summed E-state index contributed by atoms with van der Waals surface area (Å²) in [5.74, 6) is 1.04. The van der Waals surface area contributed by atoms with Gasteiger partial charge in [-0.3, -0.25) is 4.79 Å². The summed E-state index contributed by atoms with van der Waals surface area (Å²) in [5.41, 5.74) is 2.13. The van der Waals surface area contributed by atoms with Gasteiger partial charge in [-0.2, -0.15) is 0 Å². The van der Waals surface area contributed by atoms with Gasteiger partial charge in [0.1, 0.15) is 11.6 Å². The van der Waals surface area contributed by atoms with Crippen LogP contribution in [0, 0.1) is 6.92 Å². The van der Waals surface area contributed by atoms with Gasteiger partial charge in [-0.25, -0.2) is 9.78 Å². The van der Waals surface area contributed by atoms with E-state index in [4.69, 9.17) is 4.42 Å². The van der Waals surface area contributed by atoms with Crippen molar-refractivity contribution in [1.29, 1.82) is 0 Å². The monoisotopic (exact) mass is 402 g/mol. The van der Waals surface area contributed by atoms with Crippen LogP contribution in [0.15, 0.2) is 76.1 Å². The van der Waals surface area contributed by atoms with Crippen LogP contribution in [-0.2, 0) is 6.54 Å². The van der Waals surface area contributed by atoms with Gasteiger partial charge in [-0.15, -0.1) is 0 Å².